The smallest absolute Gasteiger partial charge is 0.0958 e. The van der Waals surface area contributed by atoms with Crippen molar-refractivity contribution in [2.24, 2.45) is 0 Å². The third kappa shape index (κ3) is 1.92. The van der Waals surface area contributed by atoms with E-state index >= 15 is 0 Å². The predicted molar refractivity (Wildman–Crippen MR) is 51.6 cm³/mol. The topological polar surface area (TPSA) is 65.4 Å². The number of hydrogen-bond acceptors (Lipinski definition) is 4. The number of aliphatic hydroxyl groups is 2. The zero-order valence-electron chi connectivity index (χ0n) is 7.80. The second kappa shape index (κ2) is 4.04. The predicted octanol–water partition coefficient (Wildman–Crippen LogP) is -0.162. The van der Waals surface area contributed by atoms with Crippen LogP contribution in [0.1, 0.15) is 18.1 Å². The summed E-state index contributed by atoms with van der Waals surface area (Å²) in [6, 6.07) is 3.57. The number of pyridine rings is 1. The second-order valence-electron chi connectivity index (χ2n) is 3.64. The quantitative estimate of drug-likeness (QED) is 0.612. The van der Waals surface area contributed by atoms with E-state index in [-0.39, 0.29) is 12.1 Å². The van der Waals surface area contributed by atoms with Crippen LogP contribution in [-0.4, -0.2) is 33.9 Å². The molecule has 0 amide bonds. The number of rotatable bonds is 2. The highest BCUT2D eigenvalue weighted by atomic mass is 16.3. The van der Waals surface area contributed by atoms with Crippen molar-refractivity contribution in [2.45, 2.75) is 24.7 Å². The van der Waals surface area contributed by atoms with Gasteiger partial charge in [0.25, 0.3) is 0 Å². The maximum atomic E-state index is 9.92. The molecular weight excluding hydrogens is 180 g/mol. The average Bonchev–Trinajstić information content (AvgIpc) is 2.65. The van der Waals surface area contributed by atoms with E-state index in [0.717, 1.165) is 5.56 Å². The Hall–Kier alpha value is -0.970. The van der Waals surface area contributed by atoms with Crippen molar-refractivity contribution in [2.75, 3.05) is 6.54 Å². The van der Waals surface area contributed by atoms with Gasteiger partial charge in [-0.05, 0) is 12.5 Å². The van der Waals surface area contributed by atoms with Crippen LogP contribution in [0, 0.1) is 0 Å². The van der Waals surface area contributed by atoms with Gasteiger partial charge in [0.1, 0.15) is 0 Å². The molecule has 0 spiro atoms. The van der Waals surface area contributed by atoms with Gasteiger partial charge < -0.3 is 15.5 Å². The summed E-state index contributed by atoms with van der Waals surface area (Å²) in [7, 11) is 0. The minimum Gasteiger partial charge on any atom is -0.392 e. The Morgan fingerprint density at radius 1 is 1.57 bits per heavy atom. The van der Waals surface area contributed by atoms with E-state index in [1.54, 1.807) is 18.5 Å². The lowest BCUT2D eigenvalue weighted by Gasteiger charge is -2.17. The number of aliphatic hydroxyl groups excluding tert-OH is 2. The highest BCUT2D eigenvalue weighted by Gasteiger charge is 2.28. The first-order chi connectivity index (χ1) is 6.77. The van der Waals surface area contributed by atoms with E-state index in [1.807, 2.05) is 6.07 Å². The van der Waals surface area contributed by atoms with Crippen LogP contribution in [0.5, 0.6) is 0 Å². The molecule has 4 nitrogen and oxygen atoms in total. The molecule has 0 aliphatic carbocycles. The molecule has 1 fully saturated rings. The molecule has 0 bridgehead atoms. The lowest BCUT2D eigenvalue weighted by molar-refractivity contribution is 0.125. The normalized spacial score (nSPS) is 29.0. The zero-order chi connectivity index (χ0) is 9.97. The summed E-state index contributed by atoms with van der Waals surface area (Å²) in [6.07, 6.45) is 2.99. The van der Waals surface area contributed by atoms with Crippen molar-refractivity contribution in [1.82, 2.24) is 10.3 Å². The molecule has 1 aromatic heterocycles. The minimum atomic E-state index is -0.583. The van der Waals surface area contributed by atoms with Gasteiger partial charge >= 0.3 is 0 Å². The van der Waals surface area contributed by atoms with E-state index in [1.165, 1.54) is 0 Å². The first-order valence-electron chi connectivity index (χ1n) is 4.77. The Morgan fingerprint density at radius 2 is 2.43 bits per heavy atom. The van der Waals surface area contributed by atoms with Crippen molar-refractivity contribution in [1.29, 1.82) is 0 Å². The van der Waals surface area contributed by atoms with Gasteiger partial charge in [-0.3, -0.25) is 4.98 Å². The molecule has 14 heavy (non-hydrogen) atoms. The molecule has 4 heteroatoms. The number of hydrogen-bond donors (Lipinski definition) is 3. The summed E-state index contributed by atoms with van der Waals surface area (Å²) >= 11 is 0. The molecule has 1 aromatic rings. The summed E-state index contributed by atoms with van der Waals surface area (Å²) in [5.41, 5.74) is 0.791. The van der Waals surface area contributed by atoms with Crippen LogP contribution in [0.4, 0.5) is 0 Å². The van der Waals surface area contributed by atoms with Crippen molar-refractivity contribution < 1.29 is 10.2 Å². The SMILES string of the molecule is OC(c1cccnc1)[C@@H]1C[C@@H](O)CN1. The fourth-order valence-electron chi connectivity index (χ4n) is 1.77. The van der Waals surface area contributed by atoms with Crippen molar-refractivity contribution in [3.05, 3.63) is 30.1 Å². The standard InChI is InChI=1S/C10H14N2O2/c13-8-4-9(12-6-8)10(14)7-2-1-3-11-5-7/h1-3,5,8-10,12-14H,4,6H2/t8-,9+,10?/m1/s1. The Kier molecular flexibility index (Phi) is 2.77. The summed E-state index contributed by atoms with van der Waals surface area (Å²) in [5, 5.41) is 22.3. The van der Waals surface area contributed by atoms with Gasteiger partial charge in [0.15, 0.2) is 0 Å². The molecule has 3 atom stereocenters. The molecule has 3 N–H and O–H groups in total. The molecule has 1 aliphatic heterocycles. The van der Waals surface area contributed by atoms with Crippen molar-refractivity contribution >= 4 is 0 Å². The van der Waals surface area contributed by atoms with Crippen LogP contribution < -0.4 is 5.32 Å². The van der Waals surface area contributed by atoms with Crippen molar-refractivity contribution in [3.8, 4) is 0 Å². The molecule has 0 radical (unpaired) electrons. The first-order valence-corrected chi connectivity index (χ1v) is 4.77. The molecular formula is C10H14N2O2. The molecule has 0 aromatic carbocycles. The van der Waals surface area contributed by atoms with E-state index in [0.29, 0.717) is 13.0 Å². The average molecular weight is 194 g/mol. The third-order valence-corrected chi connectivity index (χ3v) is 2.55. The van der Waals surface area contributed by atoms with Gasteiger partial charge in [-0.1, -0.05) is 6.07 Å². The van der Waals surface area contributed by atoms with Crippen LogP contribution in [0.2, 0.25) is 0 Å². The Morgan fingerprint density at radius 3 is 3.00 bits per heavy atom. The highest BCUT2D eigenvalue weighted by Crippen LogP contribution is 2.21. The van der Waals surface area contributed by atoms with E-state index in [2.05, 4.69) is 10.3 Å². The van der Waals surface area contributed by atoms with Crippen LogP contribution in [0.25, 0.3) is 0 Å². The van der Waals surface area contributed by atoms with Gasteiger partial charge in [-0.15, -0.1) is 0 Å². The monoisotopic (exact) mass is 194 g/mol. The number of β-amino-alcohol motifs (C(OH)–C–C–N with tert-alkyl or cyclic N) is 1. The van der Waals surface area contributed by atoms with Crippen LogP contribution in [-0.2, 0) is 0 Å². The van der Waals surface area contributed by atoms with E-state index < -0.39 is 6.10 Å². The first kappa shape index (κ1) is 9.58. The molecule has 2 rings (SSSR count). The van der Waals surface area contributed by atoms with Gasteiger partial charge in [0.2, 0.25) is 0 Å². The molecule has 2 heterocycles. The van der Waals surface area contributed by atoms with Crippen LogP contribution in [0.3, 0.4) is 0 Å². The fourth-order valence-corrected chi connectivity index (χ4v) is 1.77. The van der Waals surface area contributed by atoms with Gasteiger partial charge in [-0.25, -0.2) is 0 Å². The minimum absolute atomic E-state index is 0.0609. The van der Waals surface area contributed by atoms with Gasteiger partial charge in [0, 0.05) is 30.5 Å². The van der Waals surface area contributed by atoms with Crippen molar-refractivity contribution in [3.63, 3.8) is 0 Å². The van der Waals surface area contributed by atoms with Gasteiger partial charge in [-0.2, -0.15) is 0 Å². The van der Waals surface area contributed by atoms with Crippen LogP contribution in [0.15, 0.2) is 24.5 Å². The molecule has 0 saturated carbocycles. The van der Waals surface area contributed by atoms with Crippen LogP contribution >= 0.6 is 0 Å². The Labute approximate surface area is 82.6 Å². The largest absolute Gasteiger partial charge is 0.392 e. The highest BCUT2D eigenvalue weighted by molar-refractivity contribution is 5.14. The summed E-state index contributed by atoms with van der Waals surface area (Å²) in [6.45, 7) is 0.558. The Bertz CT molecular complexity index is 291. The Balaban J connectivity index is 2.05. The van der Waals surface area contributed by atoms with Gasteiger partial charge in [0.05, 0.1) is 12.2 Å². The third-order valence-electron chi connectivity index (χ3n) is 2.55. The van der Waals surface area contributed by atoms with E-state index in [4.69, 9.17) is 0 Å². The summed E-state index contributed by atoms with van der Waals surface area (Å²) < 4.78 is 0. The summed E-state index contributed by atoms with van der Waals surface area (Å²) in [4.78, 5) is 3.95. The molecule has 1 unspecified atom stereocenters. The lowest BCUT2D eigenvalue weighted by Crippen LogP contribution is -2.28. The fraction of sp³-hybridized carbons (Fsp3) is 0.500. The lowest BCUT2D eigenvalue weighted by atomic mass is 10.0. The maximum absolute atomic E-state index is 9.92. The number of aromatic nitrogens is 1. The molecule has 76 valence electrons. The number of nitrogens with one attached hydrogen (secondary N) is 1. The van der Waals surface area contributed by atoms with E-state index in [9.17, 15) is 10.2 Å². The molecule has 1 aliphatic rings. The maximum Gasteiger partial charge on any atom is 0.0958 e. The number of nitrogens with zero attached hydrogens (tertiary/aromatic N) is 1. The zero-order valence-corrected chi connectivity index (χ0v) is 7.80. The molecule has 1 saturated heterocycles. The second-order valence-corrected chi connectivity index (χ2v) is 3.64. The summed E-state index contributed by atoms with van der Waals surface area (Å²) in [5.74, 6) is 0.